The third-order valence-corrected chi connectivity index (χ3v) is 3.49. The Bertz CT molecular complexity index is 566. The van der Waals surface area contributed by atoms with Crippen molar-refractivity contribution >= 4 is 51.7 Å². The van der Waals surface area contributed by atoms with Gasteiger partial charge in [0.15, 0.2) is 0 Å². The van der Waals surface area contributed by atoms with E-state index in [1.165, 1.54) is 18.4 Å². The zero-order valence-corrected chi connectivity index (χ0v) is 12.7. The highest BCUT2D eigenvalue weighted by Gasteiger charge is 2.17. The van der Waals surface area contributed by atoms with Gasteiger partial charge in [0.2, 0.25) is 0 Å². The maximum atomic E-state index is 11.6. The number of hydrogen-bond acceptors (Lipinski definition) is 3. The van der Waals surface area contributed by atoms with Gasteiger partial charge in [-0.25, -0.2) is 9.59 Å². The monoisotopic (exact) mass is 338 g/mol. The molecule has 0 aromatic heterocycles. The fraction of sp³-hybridized carbons (Fsp3) is 0.273. The quantitative estimate of drug-likeness (QED) is 0.766. The predicted molar refractivity (Wildman–Crippen MR) is 79.4 cm³/mol. The van der Waals surface area contributed by atoms with E-state index < -0.39 is 22.8 Å². The first kappa shape index (κ1) is 16.7. The number of nitrogens with one attached hydrogen (secondary N) is 2. The van der Waals surface area contributed by atoms with E-state index in [0.29, 0.717) is 5.75 Å². The average molecular weight is 339 g/mol. The van der Waals surface area contributed by atoms with Gasteiger partial charge in [-0.15, -0.1) is 0 Å². The van der Waals surface area contributed by atoms with Crippen molar-refractivity contribution in [2.45, 2.75) is 0 Å². The lowest BCUT2D eigenvalue weighted by molar-refractivity contribution is 0.0698. The van der Waals surface area contributed by atoms with Crippen molar-refractivity contribution in [1.82, 2.24) is 5.32 Å². The molecule has 0 heterocycles. The Hall–Kier alpha value is -1.31. The number of anilines is 1. The third kappa shape index (κ3) is 4.99. The van der Waals surface area contributed by atoms with Crippen LogP contribution in [0.4, 0.5) is 10.5 Å². The second-order valence-corrected chi connectivity index (χ2v) is 6.17. The number of benzene rings is 1. The number of hydrogen-bond donors (Lipinski definition) is 3. The number of carbonyl (C=O) groups excluding carboxylic acids is 1. The van der Waals surface area contributed by atoms with Gasteiger partial charge in [0, 0.05) is 34.4 Å². The molecule has 9 heteroatoms. The third-order valence-electron chi connectivity index (χ3n) is 2.20. The predicted octanol–water partition coefficient (Wildman–Crippen LogP) is 2.19. The van der Waals surface area contributed by atoms with Crippen LogP contribution in [0.15, 0.2) is 12.1 Å². The molecule has 0 saturated heterocycles. The molecule has 110 valence electrons. The zero-order valence-electron chi connectivity index (χ0n) is 10.4. The van der Waals surface area contributed by atoms with Crippen LogP contribution < -0.4 is 10.6 Å². The lowest BCUT2D eigenvalue weighted by Crippen LogP contribution is -2.32. The number of carboxylic acids is 1. The van der Waals surface area contributed by atoms with Gasteiger partial charge in [0.05, 0.1) is 16.3 Å². The number of aromatic carboxylic acids is 1. The van der Waals surface area contributed by atoms with Crippen LogP contribution >= 0.6 is 23.2 Å². The molecular formula is C11H12Cl2N2O4S. The summed E-state index contributed by atoms with van der Waals surface area (Å²) in [6, 6.07) is 1.88. The maximum absolute atomic E-state index is 11.6. The van der Waals surface area contributed by atoms with Gasteiger partial charge in [-0.1, -0.05) is 23.2 Å². The summed E-state index contributed by atoms with van der Waals surface area (Å²) in [5, 5.41) is 14.0. The van der Waals surface area contributed by atoms with Crippen LogP contribution in [0.5, 0.6) is 0 Å². The van der Waals surface area contributed by atoms with E-state index in [4.69, 9.17) is 28.3 Å². The van der Waals surface area contributed by atoms with Crippen molar-refractivity contribution in [3.8, 4) is 0 Å². The normalized spacial score (nSPS) is 11.8. The molecule has 0 aliphatic carbocycles. The molecule has 0 fully saturated rings. The number of carbonyl (C=O) groups is 2. The summed E-state index contributed by atoms with van der Waals surface area (Å²) in [6.07, 6.45) is 1.51. The topological polar surface area (TPSA) is 95.5 Å². The minimum Gasteiger partial charge on any atom is -0.478 e. The molecule has 0 spiro atoms. The number of halogens is 2. The fourth-order valence-corrected chi connectivity index (χ4v) is 2.27. The van der Waals surface area contributed by atoms with E-state index in [0.717, 1.165) is 0 Å². The van der Waals surface area contributed by atoms with Gasteiger partial charge in [0.1, 0.15) is 0 Å². The van der Waals surface area contributed by atoms with Gasteiger partial charge < -0.3 is 15.7 Å². The first-order valence-corrected chi connectivity index (χ1v) is 7.86. The van der Waals surface area contributed by atoms with Crippen molar-refractivity contribution in [1.29, 1.82) is 0 Å². The summed E-state index contributed by atoms with van der Waals surface area (Å²) in [5.74, 6) is -0.965. The Kier molecular flexibility index (Phi) is 6.25. The molecule has 0 aliphatic heterocycles. The molecule has 0 saturated carbocycles. The van der Waals surface area contributed by atoms with Gasteiger partial charge in [-0.2, -0.15) is 0 Å². The molecular weight excluding hydrogens is 327 g/mol. The van der Waals surface area contributed by atoms with Gasteiger partial charge in [-0.3, -0.25) is 4.21 Å². The van der Waals surface area contributed by atoms with E-state index in [2.05, 4.69) is 10.6 Å². The summed E-state index contributed by atoms with van der Waals surface area (Å²) in [4.78, 5) is 22.7. The van der Waals surface area contributed by atoms with Gasteiger partial charge >= 0.3 is 12.0 Å². The number of carboxylic acid groups (broad SMARTS) is 1. The Morgan fingerprint density at radius 3 is 2.55 bits per heavy atom. The first-order valence-electron chi connectivity index (χ1n) is 5.38. The number of rotatable bonds is 5. The summed E-state index contributed by atoms with van der Waals surface area (Å²) in [5.41, 5.74) is -0.254. The Labute approximate surface area is 127 Å². The molecule has 1 rings (SSSR count). The lowest BCUT2D eigenvalue weighted by atomic mass is 10.2. The van der Waals surface area contributed by atoms with E-state index in [9.17, 15) is 13.8 Å². The van der Waals surface area contributed by atoms with Crippen LogP contribution in [-0.2, 0) is 10.8 Å². The van der Waals surface area contributed by atoms with Crippen molar-refractivity contribution in [3.05, 3.63) is 27.7 Å². The highest BCUT2D eigenvalue weighted by molar-refractivity contribution is 7.84. The SMILES string of the molecule is CS(=O)CCNC(=O)Nc1c(Cl)cc(Cl)cc1C(=O)O. The van der Waals surface area contributed by atoms with E-state index in [-0.39, 0.29) is 27.8 Å². The van der Waals surface area contributed by atoms with Crippen molar-refractivity contribution in [2.24, 2.45) is 0 Å². The second-order valence-electron chi connectivity index (χ2n) is 3.77. The molecule has 0 bridgehead atoms. The maximum Gasteiger partial charge on any atom is 0.337 e. The molecule has 2 amide bonds. The molecule has 0 aliphatic rings. The van der Waals surface area contributed by atoms with Crippen molar-refractivity contribution in [2.75, 3.05) is 23.9 Å². The summed E-state index contributed by atoms with van der Waals surface area (Å²) in [6.45, 7) is 0.197. The van der Waals surface area contributed by atoms with Gasteiger partial charge in [-0.05, 0) is 12.1 Å². The van der Waals surface area contributed by atoms with Crippen LogP contribution in [0.25, 0.3) is 0 Å². The second kappa shape index (κ2) is 7.47. The molecule has 1 aromatic carbocycles. The smallest absolute Gasteiger partial charge is 0.337 e. The summed E-state index contributed by atoms with van der Waals surface area (Å²) in [7, 11) is -1.03. The number of amides is 2. The number of urea groups is 1. The van der Waals surface area contributed by atoms with Crippen LogP contribution in [0.2, 0.25) is 10.0 Å². The highest BCUT2D eigenvalue weighted by Crippen LogP contribution is 2.30. The van der Waals surface area contributed by atoms with Crippen LogP contribution in [0.3, 0.4) is 0 Å². The van der Waals surface area contributed by atoms with E-state index >= 15 is 0 Å². The van der Waals surface area contributed by atoms with Crippen LogP contribution in [0.1, 0.15) is 10.4 Å². The first-order chi connectivity index (χ1) is 9.31. The van der Waals surface area contributed by atoms with E-state index in [1.807, 2.05) is 0 Å². The van der Waals surface area contributed by atoms with Crippen molar-refractivity contribution < 1.29 is 18.9 Å². The Morgan fingerprint density at radius 1 is 1.35 bits per heavy atom. The molecule has 1 unspecified atom stereocenters. The lowest BCUT2D eigenvalue weighted by Gasteiger charge is -2.11. The molecule has 0 radical (unpaired) electrons. The highest BCUT2D eigenvalue weighted by atomic mass is 35.5. The Morgan fingerprint density at radius 2 is 2.00 bits per heavy atom. The minimum absolute atomic E-state index is 0.0177. The summed E-state index contributed by atoms with van der Waals surface area (Å²) < 4.78 is 10.8. The minimum atomic E-state index is -1.26. The largest absolute Gasteiger partial charge is 0.478 e. The zero-order chi connectivity index (χ0) is 15.3. The summed E-state index contributed by atoms with van der Waals surface area (Å²) >= 11 is 11.6. The molecule has 20 heavy (non-hydrogen) atoms. The molecule has 1 aromatic rings. The Balaban J connectivity index is 2.83. The van der Waals surface area contributed by atoms with Crippen molar-refractivity contribution in [3.63, 3.8) is 0 Å². The molecule has 6 nitrogen and oxygen atoms in total. The van der Waals surface area contributed by atoms with Crippen LogP contribution in [-0.4, -0.2) is 39.9 Å². The van der Waals surface area contributed by atoms with Crippen LogP contribution in [0, 0.1) is 0 Å². The molecule has 3 N–H and O–H groups in total. The van der Waals surface area contributed by atoms with Gasteiger partial charge in [0.25, 0.3) is 0 Å². The molecule has 1 atom stereocenters. The average Bonchev–Trinajstić information content (AvgIpc) is 2.31. The standard InChI is InChI=1S/C11H12Cl2N2O4S/c1-20(19)3-2-14-11(18)15-9-7(10(16)17)4-6(12)5-8(9)13/h4-5H,2-3H2,1H3,(H,16,17)(H2,14,15,18). The fourth-order valence-electron chi connectivity index (χ4n) is 1.34. The van der Waals surface area contributed by atoms with E-state index in [1.54, 1.807) is 0 Å².